The molecule has 0 spiro atoms. The predicted octanol–water partition coefficient (Wildman–Crippen LogP) is 0.887. The van der Waals surface area contributed by atoms with Crippen molar-refractivity contribution in [2.75, 3.05) is 57.9 Å². The van der Waals surface area contributed by atoms with Crippen LogP contribution in [-0.2, 0) is 14.3 Å². The average Bonchev–Trinajstić information content (AvgIpc) is 2.72. The van der Waals surface area contributed by atoms with Gasteiger partial charge in [-0.2, -0.15) is 0 Å². The number of ether oxygens (including phenoxy) is 2. The van der Waals surface area contributed by atoms with E-state index >= 15 is 0 Å². The van der Waals surface area contributed by atoms with Crippen LogP contribution in [0.1, 0.15) is 12.8 Å². The number of piperazine rings is 1. The summed E-state index contributed by atoms with van der Waals surface area (Å²) in [4.78, 5) is 28.6. The van der Waals surface area contributed by atoms with Gasteiger partial charge in [0.25, 0.3) is 0 Å². The Kier molecular flexibility index (Phi) is 6.33. The molecule has 1 N–H and O–H groups in total. The van der Waals surface area contributed by atoms with Crippen LogP contribution in [0.4, 0.5) is 5.69 Å². The largest absolute Gasteiger partial charge is 0.495 e. The van der Waals surface area contributed by atoms with Gasteiger partial charge in [0.05, 0.1) is 19.3 Å². The third-order valence-corrected chi connectivity index (χ3v) is 5.06. The summed E-state index contributed by atoms with van der Waals surface area (Å²) in [5.74, 6) is 0.759. The summed E-state index contributed by atoms with van der Waals surface area (Å²) in [6.45, 7) is 4.10. The molecule has 2 amide bonds. The zero-order valence-electron chi connectivity index (χ0n) is 15.3. The minimum absolute atomic E-state index is 0.0231. The Morgan fingerprint density at radius 3 is 2.54 bits per heavy atom. The predicted molar refractivity (Wildman–Crippen MR) is 98.3 cm³/mol. The number of methoxy groups -OCH3 is 1. The Morgan fingerprint density at radius 1 is 1.15 bits per heavy atom. The highest BCUT2D eigenvalue weighted by Gasteiger charge is 2.25. The first kappa shape index (κ1) is 18.5. The molecule has 2 aliphatic heterocycles. The fourth-order valence-corrected chi connectivity index (χ4v) is 3.47. The number of rotatable bonds is 5. The van der Waals surface area contributed by atoms with Crippen LogP contribution in [0.2, 0.25) is 0 Å². The van der Waals surface area contributed by atoms with Crippen LogP contribution < -0.4 is 15.0 Å². The number of nitrogens with zero attached hydrogens (tertiary/aromatic N) is 2. The van der Waals surface area contributed by atoms with Crippen LogP contribution in [0.15, 0.2) is 24.3 Å². The standard InChI is InChI=1S/C19H27N3O4/c1-25-17-5-3-2-4-16(17)21-8-10-22(11-9-21)18(23)14-20-19(24)15-6-12-26-13-7-15/h2-5,15H,6-14H2,1H3,(H,20,24). The van der Waals surface area contributed by atoms with Crippen molar-refractivity contribution < 1.29 is 19.1 Å². The molecule has 2 fully saturated rings. The topological polar surface area (TPSA) is 71.1 Å². The minimum atomic E-state index is -0.0330. The van der Waals surface area contributed by atoms with Crippen molar-refractivity contribution in [1.82, 2.24) is 10.2 Å². The van der Waals surface area contributed by atoms with Crippen molar-refractivity contribution in [3.63, 3.8) is 0 Å². The third-order valence-electron chi connectivity index (χ3n) is 5.06. The quantitative estimate of drug-likeness (QED) is 0.843. The lowest BCUT2D eigenvalue weighted by atomic mass is 9.99. The van der Waals surface area contributed by atoms with Gasteiger partial charge in [-0.1, -0.05) is 12.1 Å². The molecule has 26 heavy (non-hydrogen) atoms. The molecular formula is C19H27N3O4. The number of hydrogen-bond acceptors (Lipinski definition) is 5. The normalized spacial score (nSPS) is 18.5. The van der Waals surface area contributed by atoms with Gasteiger partial charge in [-0.3, -0.25) is 9.59 Å². The van der Waals surface area contributed by atoms with E-state index in [0.717, 1.165) is 37.4 Å². The van der Waals surface area contributed by atoms with Gasteiger partial charge in [-0.15, -0.1) is 0 Å². The molecule has 2 aliphatic rings. The number of para-hydroxylation sites is 2. The van der Waals surface area contributed by atoms with Gasteiger partial charge in [0.1, 0.15) is 5.75 Å². The van der Waals surface area contributed by atoms with E-state index in [1.165, 1.54) is 0 Å². The Labute approximate surface area is 154 Å². The molecule has 0 atom stereocenters. The Hall–Kier alpha value is -2.28. The first-order valence-electron chi connectivity index (χ1n) is 9.20. The summed E-state index contributed by atoms with van der Waals surface area (Å²) >= 11 is 0. The molecule has 0 unspecified atom stereocenters. The van der Waals surface area contributed by atoms with E-state index in [0.29, 0.717) is 26.3 Å². The highest BCUT2D eigenvalue weighted by molar-refractivity contribution is 5.86. The second-order valence-electron chi connectivity index (χ2n) is 6.64. The SMILES string of the molecule is COc1ccccc1N1CCN(C(=O)CNC(=O)C2CCOCC2)CC1. The zero-order chi connectivity index (χ0) is 18.4. The van der Waals surface area contributed by atoms with Crippen molar-refractivity contribution in [3.8, 4) is 5.75 Å². The molecule has 7 heteroatoms. The molecule has 0 radical (unpaired) electrons. The second-order valence-corrected chi connectivity index (χ2v) is 6.64. The first-order chi connectivity index (χ1) is 12.7. The minimum Gasteiger partial charge on any atom is -0.495 e. The molecule has 0 saturated carbocycles. The molecule has 2 heterocycles. The number of nitrogens with one attached hydrogen (secondary N) is 1. The molecule has 142 valence electrons. The third kappa shape index (κ3) is 4.46. The van der Waals surface area contributed by atoms with E-state index in [4.69, 9.17) is 9.47 Å². The van der Waals surface area contributed by atoms with Crippen LogP contribution >= 0.6 is 0 Å². The maximum absolute atomic E-state index is 12.4. The molecule has 2 saturated heterocycles. The number of anilines is 1. The van der Waals surface area contributed by atoms with E-state index in [1.54, 1.807) is 7.11 Å². The Balaban J connectivity index is 1.45. The number of amides is 2. The van der Waals surface area contributed by atoms with Gasteiger partial charge in [0.2, 0.25) is 11.8 Å². The molecule has 1 aromatic rings. The summed E-state index contributed by atoms with van der Waals surface area (Å²) in [5, 5.41) is 2.79. The van der Waals surface area contributed by atoms with Gasteiger partial charge >= 0.3 is 0 Å². The maximum atomic E-state index is 12.4. The molecule has 0 bridgehead atoms. The van der Waals surface area contributed by atoms with Crippen LogP contribution in [0, 0.1) is 5.92 Å². The fraction of sp³-hybridized carbons (Fsp3) is 0.579. The lowest BCUT2D eigenvalue weighted by Gasteiger charge is -2.36. The number of carbonyl (C=O) groups is 2. The van der Waals surface area contributed by atoms with E-state index in [-0.39, 0.29) is 24.3 Å². The highest BCUT2D eigenvalue weighted by atomic mass is 16.5. The van der Waals surface area contributed by atoms with Crippen LogP contribution in [0.5, 0.6) is 5.75 Å². The Morgan fingerprint density at radius 2 is 1.85 bits per heavy atom. The molecule has 7 nitrogen and oxygen atoms in total. The van der Waals surface area contributed by atoms with E-state index in [1.807, 2.05) is 29.2 Å². The van der Waals surface area contributed by atoms with Gasteiger partial charge < -0.3 is 24.6 Å². The monoisotopic (exact) mass is 361 g/mol. The lowest BCUT2D eigenvalue weighted by molar-refractivity contribution is -0.135. The molecule has 0 aliphatic carbocycles. The number of carbonyl (C=O) groups excluding carboxylic acids is 2. The van der Waals surface area contributed by atoms with E-state index < -0.39 is 0 Å². The van der Waals surface area contributed by atoms with Gasteiger partial charge in [0.15, 0.2) is 0 Å². The molecular weight excluding hydrogens is 334 g/mol. The second kappa shape index (κ2) is 8.89. The van der Waals surface area contributed by atoms with Crippen molar-refractivity contribution in [3.05, 3.63) is 24.3 Å². The lowest BCUT2D eigenvalue weighted by Crippen LogP contribution is -2.51. The van der Waals surface area contributed by atoms with E-state index in [9.17, 15) is 9.59 Å². The van der Waals surface area contributed by atoms with Crippen molar-refractivity contribution in [2.24, 2.45) is 5.92 Å². The average molecular weight is 361 g/mol. The van der Waals surface area contributed by atoms with Gasteiger partial charge in [0, 0.05) is 45.3 Å². The number of hydrogen-bond donors (Lipinski definition) is 1. The zero-order valence-corrected chi connectivity index (χ0v) is 15.3. The smallest absolute Gasteiger partial charge is 0.242 e. The molecule has 1 aromatic carbocycles. The Bertz CT molecular complexity index is 623. The summed E-state index contributed by atoms with van der Waals surface area (Å²) in [6.07, 6.45) is 1.47. The molecule has 0 aromatic heterocycles. The maximum Gasteiger partial charge on any atom is 0.242 e. The fourth-order valence-electron chi connectivity index (χ4n) is 3.47. The van der Waals surface area contributed by atoms with Gasteiger partial charge in [-0.05, 0) is 25.0 Å². The number of benzene rings is 1. The van der Waals surface area contributed by atoms with Crippen molar-refractivity contribution >= 4 is 17.5 Å². The van der Waals surface area contributed by atoms with Crippen LogP contribution in [0.25, 0.3) is 0 Å². The summed E-state index contributed by atoms with van der Waals surface area (Å²) < 4.78 is 10.7. The van der Waals surface area contributed by atoms with Crippen molar-refractivity contribution in [1.29, 1.82) is 0 Å². The first-order valence-corrected chi connectivity index (χ1v) is 9.20. The van der Waals surface area contributed by atoms with Crippen LogP contribution in [0.3, 0.4) is 0 Å². The highest BCUT2D eigenvalue weighted by Crippen LogP contribution is 2.28. The van der Waals surface area contributed by atoms with E-state index in [2.05, 4.69) is 10.2 Å². The summed E-state index contributed by atoms with van der Waals surface area (Å²) in [7, 11) is 1.67. The molecule has 3 rings (SSSR count). The van der Waals surface area contributed by atoms with Crippen molar-refractivity contribution in [2.45, 2.75) is 12.8 Å². The van der Waals surface area contributed by atoms with Crippen LogP contribution in [-0.4, -0.2) is 69.8 Å². The summed E-state index contributed by atoms with van der Waals surface area (Å²) in [5.41, 5.74) is 1.05. The summed E-state index contributed by atoms with van der Waals surface area (Å²) in [6, 6.07) is 7.91. The van der Waals surface area contributed by atoms with Gasteiger partial charge in [-0.25, -0.2) is 0 Å².